The van der Waals surface area contributed by atoms with Crippen molar-refractivity contribution in [2.75, 3.05) is 19.0 Å². The van der Waals surface area contributed by atoms with E-state index < -0.39 is 35.1 Å². The number of nitrogens with one attached hydrogen (secondary N) is 2. The van der Waals surface area contributed by atoms with E-state index >= 15 is 0 Å². The highest BCUT2D eigenvalue weighted by molar-refractivity contribution is 6.30. The lowest BCUT2D eigenvalue weighted by Crippen LogP contribution is -2.56. The third-order valence-corrected chi connectivity index (χ3v) is 7.84. The Morgan fingerprint density at radius 2 is 1.94 bits per heavy atom. The average molecular weight is 464 g/mol. The summed E-state index contributed by atoms with van der Waals surface area (Å²) in [6.07, 6.45) is 2.14. The lowest BCUT2D eigenvalue weighted by molar-refractivity contribution is -0.149. The molecule has 3 heterocycles. The summed E-state index contributed by atoms with van der Waals surface area (Å²) in [5, 5.41) is 16.1. The third-order valence-electron chi connectivity index (χ3n) is 7.58. The van der Waals surface area contributed by atoms with Gasteiger partial charge in [-0.15, -0.1) is 0 Å². The van der Waals surface area contributed by atoms with E-state index in [1.807, 2.05) is 13.8 Å². The van der Waals surface area contributed by atoms with E-state index in [4.69, 9.17) is 16.3 Å². The van der Waals surface area contributed by atoms with Crippen LogP contribution in [0.15, 0.2) is 24.3 Å². The highest BCUT2D eigenvalue weighted by Crippen LogP contribution is 2.64. The molecule has 0 aromatic heterocycles. The van der Waals surface area contributed by atoms with Gasteiger partial charge < -0.3 is 25.4 Å². The summed E-state index contributed by atoms with van der Waals surface area (Å²) in [6, 6.07) is 5.22. The van der Waals surface area contributed by atoms with Crippen LogP contribution in [-0.4, -0.2) is 64.7 Å². The lowest BCUT2D eigenvalue weighted by Gasteiger charge is -2.37. The van der Waals surface area contributed by atoms with Crippen LogP contribution in [0.4, 0.5) is 5.69 Å². The maximum atomic E-state index is 13.8. The maximum Gasteiger partial charge on any atom is 0.250 e. The van der Waals surface area contributed by atoms with Gasteiger partial charge in [0.1, 0.15) is 11.6 Å². The van der Waals surface area contributed by atoms with Gasteiger partial charge in [-0.25, -0.2) is 0 Å². The number of hydrogen-bond acceptors (Lipinski definition) is 5. The number of amides is 3. The van der Waals surface area contributed by atoms with Crippen molar-refractivity contribution in [1.29, 1.82) is 0 Å². The molecule has 6 atom stereocenters. The number of anilines is 1. The number of rotatable bonds is 7. The van der Waals surface area contributed by atoms with Crippen molar-refractivity contribution < 1.29 is 24.2 Å². The first-order chi connectivity index (χ1) is 15.3. The van der Waals surface area contributed by atoms with Gasteiger partial charge in [0.05, 0.1) is 30.1 Å². The molecule has 1 aromatic carbocycles. The predicted molar refractivity (Wildman–Crippen MR) is 119 cm³/mol. The van der Waals surface area contributed by atoms with Gasteiger partial charge >= 0.3 is 0 Å². The summed E-state index contributed by atoms with van der Waals surface area (Å²) < 4.78 is 6.60. The van der Waals surface area contributed by atoms with Crippen LogP contribution >= 0.6 is 11.6 Å². The summed E-state index contributed by atoms with van der Waals surface area (Å²) in [7, 11) is 1.55. The summed E-state index contributed by atoms with van der Waals surface area (Å²) in [5.41, 5.74) is -1.33. The SMILES string of the molecule is CC[C@@H](CO)N1C(=O)[C@@H]2[C@H](C(=O)NC)[C@]3(CC)CCC2(O3)C1C(=O)Nc1ccc(Cl)cc1. The molecule has 1 spiro atoms. The minimum atomic E-state index is -1.11. The maximum absolute atomic E-state index is 13.8. The number of ether oxygens (including phenoxy) is 1. The first-order valence-electron chi connectivity index (χ1n) is 11.2. The average Bonchev–Trinajstić information content (AvgIpc) is 3.40. The van der Waals surface area contributed by atoms with Gasteiger partial charge in [-0.2, -0.15) is 0 Å². The fourth-order valence-electron chi connectivity index (χ4n) is 6.06. The molecule has 0 aliphatic carbocycles. The van der Waals surface area contributed by atoms with Crippen molar-refractivity contribution in [2.45, 2.75) is 62.8 Å². The van der Waals surface area contributed by atoms with Crippen LogP contribution in [0.1, 0.15) is 39.5 Å². The molecule has 174 valence electrons. The molecule has 2 unspecified atom stereocenters. The van der Waals surface area contributed by atoms with Crippen LogP contribution in [0.25, 0.3) is 0 Å². The van der Waals surface area contributed by atoms with Crippen molar-refractivity contribution >= 4 is 35.0 Å². The number of carbonyl (C=O) groups is 3. The first-order valence-corrected chi connectivity index (χ1v) is 11.6. The third kappa shape index (κ3) is 3.15. The van der Waals surface area contributed by atoms with Crippen molar-refractivity contribution in [3.8, 4) is 0 Å². The molecule has 0 radical (unpaired) electrons. The predicted octanol–water partition coefficient (Wildman–Crippen LogP) is 1.95. The topological polar surface area (TPSA) is 108 Å². The van der Waals surface area contributed by atoms with E-state index in [1.165, 1.54) is 4.90 Å². The zero-order chi connectivity index (χ0) is 23.3. The molecular weight excluding hydrogens is 434 g/mol. The molecule has 3 N–H and O–H groups in total. The molecule has 0 saturated carbocycles. The molecule has 8 nitrogen and oxygen atoms in total. The number of benzene rings is 1. The first kappa shape index (κ1) is 23.0. The van der Waals surface area contributed by atoms with Crippen LogP contribution < -0.4 is 10.6 Å². The molecule has 3 aliphatic heterocycles. The van der Waals surface area contributed by atoms with Gasteiger partial charge in [0.15, 0.2) is 0 Å². The van der Waals surface area contributed by atoms with E-state index in [-0.39, 0.29) is 24.3 Å². The molecule has 3 fully saturated rings. The Kier molecular flexibility index (Phi) is 5.98. The minimum Gasteiger partial charge on any atom is -0.394 e. The molecule has 32 heavy (non-hydrogen) atoms. The molecule has 4 rings (SSSR count). The fourth-order valence-corrected chi connectivity index (χ4v) is 6.19. The molecular formula is C23H30ClN3O5. The van der Waals surface area contributed by atoms with Crippen molar-refractivity contribution in [2.24, 2.45) is 11.8 Å². The van der Waals surface area contributed by atoms with Crippen molar-refractivity contribution in [3.05, 3.63) is 29.3 Å². The smallest absolute Gasteiger partial charge is 0.250 e. The number of hydrogen-bond donors (Lipinski definition) is 3. The molecule has 3 aliphatic rings. The zero-order valence-electron chi connectivity index (χ0n) is 18.6. The summed E-state index contributed by atoms with van der Waals surface area (Å²) in [5.74, 6) is -2.38. The second-order valence-corrected chi connectivity index (χ2v) is 9.37. The van der Waals surface area contributed by atoms with Gasteiger partial charge in [0, 0.05) is 17.8 Å². The number of carbonyl (C=O) groups excluding carboxylic acids is 3. The fraction of sp³-hybridized carbons (Fsp3) is 0.609. The number of aliphatic hydroxyl groups is 1. The lowest BCUT2D eigenvalue weighted by atomic mass is 9.65. The Hall–Kier alpha value is -2.16. The van der Waals surface area contributed by atoms with E-state index in [0.29, 0.717) is 36.4 Å². The van der Waals surface area contributed by atoms with Crippen LogP contribution in [0.5, 0.6) is 0 Å². The number of likely N-dealkylation sites (tertiary alicyclic amines) is 1. The Bertz CT molecular complexity index is 921. The quantitative estimate of drug-likeness (QED) is 0.572. The highest BCUT2D eigenvalue weighted by atomic mass is 35.5. The largest absolute Gasteiger partial charge is 0.394 e. The van der Waals surface area contributed by atoms with Crippen LogP contribution in [0.2, 0.25) is 5.02 Å². The molecule has 3 saturated heterocycles. The normalized spacial score (nSPS) is 33.8. The standard InChI is InChI=1S/C23H30ClN3O5/c1-4-15(12-28)27-18(20(30)26-14-8-6-13(24)7-9-14)23-11-10-22(5-2,32-23)16(19(29)25-3)17(23)21(27)31/h6-9,15-18,28H,4-5,10-12H2,1-3H3,(H,25,29)(H,26,30)/t15-,16+,17-,18?,22-,23?/m0/s1. The van der Waals surface area contributed by atoms with Crippen LogP contribution in [0, 0.1) is 11.8 Å². The van der Waals surface area contributed by atoms with Crippen molar-refractivity contribution in [1.82, 2.24) is 10.2 Å². The van der Waals surface area contributed by atoms with Crippen LogP contribution in [-0.2, 0) is 19.1 Å². The number of halogens is 1. The van der Waals surface area contributed by atoms with E-state index in [2.05, 4.69) is 10.6 Å². The van der Waals surface area contributed by atoms with Gasteiger partial charge in [-0.3, -0.25) is 14.4 Å². The minimum absolute atomic E-state index is 0.248. The number of nitrogens with zero attached hydrogens (tertiary/aromatic N) is 1. The second kappa shape index (κ2) is 8.32. The van der Waals surface area contributed by atoms with Gasteiger partial charge in [-0.1, -0.05) is 25.4 Å². The molecule has 1 aromatic rings. The Morgan fingerprint density at radius 1 is 1.25 bits per heavy atom. The summed E-state index contributed by atoms with van der Waals surface area (Å²) in [6.45, 7) is 3.53. The Balaban J connectivity index is 1.79. The van der Waals surface area contributed by atoms with E-state index in [9.17, 15) is 19.5 Å². The Morgan fingerprint density at radius 3 is 2.50 bits per heavy atom. The van der Waals surface area contributed by atoms with E-state index in [1.54, 1.807) is 31.3 Å². The molecule has 3 amide bonds. The van der Waals surface area contributed by atoms with Crippen LogP contribution in [0.3, 0.4) is 0 Å². The molecule has 9 heteroatoms. The van der Waals surface area contributed by atoms with E-state index in [0.717, 1.165) is 0 Å². The monoisotopic (exact) mass is 463 g/mol. The summed E-state index contributed by atoms with van der Waals surface area (Å²) >= 11 is 5.96. The number of aliphatic hydroxyl groups excluding tert-OH is 1. The number of fused-ring (bicyclic) bond motifs is 1. The van der Waals surface area contributed by atoms with Gasteiger partial charge in [-0.05, 0) is 49.9 Å². The van der Waals surface area contributed by atoms with Gasteiger partial charge in [0.25, 0.3) is 0 Å². The highest BCUT2D eigenvalue weighted by Gasteiger charge is 2.79. The van der Waals surface area contributed by atoms with Crippen molar-refractivity contribution in [3.63, 3.8) is 0 Å². The zero-order valence-corrected chi connectivity index (χ0v) is 19.3. The molecule has 2 bridgehead atoms. The Labute approximate surface area is 192 Å². The second-order valence-electron chi connectivity index (χ2n) is 8.93. The summed E-state index contributed by atoms with van der Waals surface area (Å²) in [4.78, 5) is 41.9. The van der Waals surface area contributed by atoms with Gasteiger partial charge in [0.2, 0.25) is 17.7 Å².